The molecule has 3 nitrogen and oxygen atoms in total. The first kappa shape index (κ1) is 12.3. The number of nitrogens with zero attached hydrogens (tertiary/aromatic N) is 3. The van der Waals surface area contributed by atoms with Crippen molar-refractivity contribution in [2.24, 2.45) is 0 Å². The lowest BCUT2D eigenvalue weighted by atomic mass is 10.2. The van der Waals surface area contributed by atoms with Crippen molar-refractivity contribution in [1.29, 1.82) is 0 Å². The van der Waals surface area contributed by atoms with Gasteiger partial charge in [0.05, 0.1) is 5.02 Å². The van der Waals surface area contributed by atoms with Crippen LogP contribution >= 0.6 is 27.5 Å². The van der Waals surface area contributed by atoms with Gasteiger partial charge in [0.1, 0.15) is 5.82 Å². The van der Waals surface area contributed by atoms with Gasteiger partial charge < -0.3 is 4.90 Å². The second-order valence-corrected chi connectivity index (χ2v) is 4.99. The van der Waals surface area contributed by atoms with Crippen molar-refractivity contribution in [3.8, 4) is 0 Å². The van der Waals surface area contributed by atoms with Gasteiger partial charge in [-0.15, -0.1) is 0 Å². The third-order valence-corrected chi connectivity index (χ3v) is 3.03. The normalized spacial score (nSPS) is 10.3. The van der Waals surface area contributed by atoms with E-state index in [0.29, 0.717) is 5.02 Å². The van der Waals surface area contributed by atoms with E-state index < -0.39 is 0 Å². The van der Waals surface area contributed by atoms with Crippen LogP contribution in [0, 0.1) is 0 Å². The molecule has 17 heavy (non-hydrogen) atoms. The lowest BCUT2D eigenvalue weighted by Crippen LogP contribution is -2.18. The molecule has 0 saturated carbocycles. The number of halogens is 2. The van der Waals surface area contributed by atoms with Crippen LogP contribution in [-0.4, -0.2) is 17.0 Å². The zero-order valence-electron chi connectivity index (χ0n) is 9.27. The summed E-state index contributed by atoms with van der Waals surface area (Å²) in [4.78, 5) is 10.3. The third kappa shape index (κ3) is 3.17. The quantitative estimate of drug-likeness (QED) is 0.868. The maximum Gasteiger partial charge on any atom is 0.147 e. The highest BCUT2D eigenvalue weighted by molar-refractivity contribution is 9.10. The Morgan fingerprint density at radius 3 is 2.71 bits per heavy atom. The molecule has 2 aromatic heterocycles. The Morgan fingerprint density at radius 1 is 1.35 bits per heavy atom. The summed E-state index contributed by atoms with van der Waals surface area (Å²) in [6.45, 7) is 0.747. The van der Waals surface area contributed by atoms with Gasteiger partial charge >= 0.3 is 0 Å². The van der Waals surface area contributed by atoms with Crippen molar-refractivity contribution in [3.05, 3.63) is 51.8 Å². The summed E-state index contributed by atoms with van der Waals surface area (Å²) in [5.74, 6) is 0.770. The fourth-order valence-corrected chi connectivity index (χ4v) is 2.30. The largest absolute Gasteiger partial charge is 0.354 e. The molecular weight excluding hydrogens is 302 g/mol. The molecule has 0 aliphatic carbocycles. The van der Waals surface area contributed by atoms with Crippen LogP contribution in [0.3, 0.4) is 0 Å². The van der Waals surface area contributed by atoms with E-state index in [2.05, 4.69) is 25.9 Å². The molecule has 0 radical (unpaired) electrons. The maximum absolute atomic E-state index is 6.14. The summed E-state index contributed by atoms with van der Waals surface area (Å²) >= 11 is 9.48. The van der Waals surface area contributed by atoms with Crippen molar-refractivity contribution in [2.45, 2.75) is 6.54 Å². The molecule has 0 aromatic carbocycles. The summed E-state index contributed by atoms with van der Waals surface area (Å²) in [5, 5.41) is 0.635. The fourth-order valence-electron chi connectivity index (χ4n) is 1.53. The Morgan fingerprint density at radius 2 is 2.06 bits per heavy atom. The van der Waals surface area contributed by atoms with Gasteiger partial charge in [0.2, 0.25) is 0 Å². The van der Waals surface area contributed by atoms with E-state index in [-0.39, 0.29) is 0 Å². The Hall–Kier alpha value is -1.13. The molecule has 0 aliphatic heterocycles. The Bertz CT molecular complexity index is 504. The van der Waals surface area contributed by atoms with E-state index in [0.717, 1.165) is 16.8 Å². The highest BCUT2D eigenvalue weighted by Gasteiger charge is 2.08. The Kier molecular flexibility index (Phi) is 3.97. The second-order valence-electron chi connectivity index (χ2n) is 3.67. The minimum atomic E-state index is 0.635. The van der Waals surface area contributed by atoms with Crippen molar-refractivity contribution < 1.29 is 0 Å². The highest BCUT2D eigenvalue weighted by Crippen LogP contribution is 2.26. The number of aromatic nitrogens is 2. The predicted molar refractivity (Wildman–Crippen MR) is 73.3 cm³/mol. The number of hydrogen-bond acceptors (Lipinski definition) is 3. The molecular formula is C12H11BrClN3. The zero-order valence-corrected chi connectivity index (χ0v) is 11.6. The molecule has 0 aliphatic rings. The van der Waals surface area contributed by atoms with Crippen LogP contribution in [0.4, 0.5) is 5.82 Å². The van der Waals surface area contributed by atoms with Gasteiger partial charge in [0.25, 0.3) is 0 Å². The minimum absolute atomic E-state index is 0.635. The lowest BCUT2D eigenvalue weighted by molar-refractivity contribution is 0.895. The first-order chi connectivity index (χ1) is 8.16. The van der Waals surface area contributed by atoms with Crippen molar-refractivity contribution in [2.75, 3.05) is 11.9 Å². The number of anilines is 1. The zero-order chi connectivity index (χ0) is 12.3. The first-order valence-corrected chi connectivity index (χ1v) is 6.25. The van der Waals surface area contributed by atoms with Gasteiger partial charge in [0.15, 0.2) is 0 Å². The number of hydrogen-bond donors (Lipinski definition) is 0. The summed E-state index contributed by atoms with van der Waals surface area (Å²) in [6, 6.07) is 5.79. The molecule has 0 saturated heterocycles. The molecule has 0 amide bonds. The lowest BCUT2D eigenvalue weighted by Gasteiger charge is -2.19. The van der Waals surface area contributed by atoms with E-state index in [1.54, 1.807) is 18.6 Å². The fraction of sp³-hybridized carbons (Fsp3) is 0.167. The smallest absolute Gasteiger partial charge is 0.147 e. The third-order valence-electron chi connectivity index (χ3n) is 2.32. The molecule has 88 valence electrons. The summed E-state index contributed by atoms with van der Waals surface area (Å²) in [6.07, 6.45) is 5.30. The van der Waals surface area contributed by atoms with Crippen LogP contribution in [0.15, 0.2) is 41.3 Å². The van der Waals surface area contributed by atoms with E-state index in [9.17, 15) is 0 Å². The first-order valence-electron chi connectivity index (χ1n) is 5.08. The summed E-state index contributed by atoms with van der Waals surface area (Å²) < 4.78 is 0.878. The molecule has 0 unspecified atom stereocenters. The predicted octanol–water partition coefficient (Wildman–Crippen LogP) is 3.53. The van der Waals surface area contributed by atoms with Gasteiger partial charge in [-0.25, -0.2) is 4.98 Å². The van der Waals surface area contributed by atoms with Crippen LogP contribution in [0.2, 0.25) is 5.02 Å². The van der Waals surface area contributed by atoms with Gasteiger partial charge in [-0.3, -0.25) is 4.98 Å². The molecule has 2 aromatic rings. The SMILES string of the molecule is CN(Cc1ccncc1)c1ncc(Br)cc1Cl. The summed E-state index contributed by atoms with van der Waals surface area (Å²) in [5.41, 5.74) is 1.17. The molecule has 0 atom stereocenters. The molecule has 0 N–H and O–H groups in total. The van der Waals surface area contributed by atoms with Crippen LogP contribution in [0.5, 0.6) is 0 Å². The average molecular weight is 313 g/mol. The van der Waals surface area contributed by atoms with E-state index in [4.69, 9.17) is 11.6 Å². The van der Waals surface area contributed by atoms with Crippen LogP contribution in [0.1, 0.15) is 5.56 Å². The van der Waals surface area contributed by atoms with Gasteiger partial charge in [-0.05, 0) is 39.7 Å². The molecule has 5 heteroatoms. The highest BCUT2D eigenvalue weighted by atomic mass is 79.9. The number of pyridine rings is 2. The molecule has 0 spiro atoms. The Labute approximate surface area is 114 Å². The minimum Gasteiger partial charge on any atom is -0.354 e. The monoisotopic (exact) mass is 311 g/mol. The summed E-state index contributed by atoms with van der Waals surface area (Å²) in [7, 11) is 1.96. The van der Waals surface area contributed by atoms with Crippen LogP contribution in [0.25, 0.3) is 0 Å². The van der Waals surface area contributed by atoms with Gasteiger partial charge in [0, 0.05) is 36.7 Å². The average Bonchev–Trinajstić information content (AvgIpc) is 2.30. The topological polar surface area (TPSA) is 29.0 Å². The van der Waals surface area contributed by atoms with Gasteiger partial charge in [-0.1, -0.05) is 11.6 Å². The second kappa shape index (κ2) is 5.47. The molecule has 0 fully saturated rings. The number of rotatable bonds is 3. The molecule has 0 bridgehead atoms. The van der Waals surface area contributed by atoms with Crippen molar-refractivity contribution in [1.82, 2.24) is 9.97 Å². The maximum atomic E-state index is 6.14. The van der Waals surface area contributed by atoms with E-state index in [1.807, 2.05) is 30.1 Å². The van der Waals surface area contributed by atoms with E-state index in [1.165, 1.54) is 5.56 Å². The van der Waals surface area contributed by atoms with E-state index >= 15 is 0 Å². The van der Waals surface area contributed by atoms with Gasteiger partial charge in [-0.2, -0.15) is 0 Å². The van der Waals surface area contributed by atoms with Crippen LogP contribution < -0.4 is 4.90 Å². The standard InChI is InChI=1S/C12H11BrClN3/c1-17(8-9-2-4-15-5-3-9)12-11(14)6-10(13)7-16-12/h2-7H,8H2,1H3. The van der Waals surface area contributed by atoms with Crippen LogP contribution in [-0.2, 0) is 6.54 Å². The molecule has 2 heterocycles. The Balaban J connectivity index is 2.17. The van der Waals surface area contributed by atoms with Crippen molar-refractivity contribution in [3.63, 3.8) is 0 Å². The van der Waals surface area contributed by atoms with Crippen molar-refractivity contribution >= 4 is 33.3 Å². The molecule has 2 rings (SSSR count).